The van der Waals surface area contributed by atoms with Crippen LogP contribution in [0.2, 0.25) is 0 Å². The number of benzene rings is 1. The van der Waals surface area contributed by atoms with Crippen LogP contribution in [0.1, 0.15) is 22.3 Å². The van der Waals surface area contributed by atoms with Crippen LogP contribution in [0.15, 0.2) is 24.3 Å². The van der Waals surface area contributed by atoms with Crippen LogP contribution in [0.5, 0.6) is 0 Å². The molecule has 0 radical (unpaired) electrons. The second-order valence-electron chi connectivity index (χ2n) is 4.38. The molecule has 0 spiro atoms. The van der Waals surface area contributed by atoms with Gasteiger partial charge in [-0.3, -0.25) is 4.79 Å². The molecule has 1 aromatic carbocycles. The lowest BCUT2D eigenvalue weighted by molar-refractivity contribution is 0.0949. The van der Waals surface area contributed by atoms with Crippen molar-refractivity contribution in [3.63, 3.8) is 0 Å². The van der Waals surface area contributed by atoms with Gasteiger partial charge in [-0.25, -0.2) is 0 Å². The number of nitrogens with one attached hydrogen (secondary N) is 2. The van der Waals surface area contributed by atoms with Gasteiger partial charge in [-0.2, -0.15) is 0 Å². The van der Waals surface area contributed by atoms with Crippen LogP contribution < -0.4 is 10.6 Å². The highest BCUT2D eigenvalue weighted by atomic mass is 16.1. The Hall–Kier alpha value is -1.35. The molecule has 1 heterocycles. The maximum atomic E-state index is 11.8. The second-order valence-corrected chi connectivity index (χ2v) is 4.38. The highest BCUT2D eigenvalue weighted by molar-refractivity contribution is 5.95. The molecule has 0 bridgehead atoms. The third-order valence-electron chi connectivity index (χ3n) is 3.09. The molecule has 1 saturated heterocycles. The average Bonchev–Trinajstić information content (AvgIpc) is 2.22. The molecule has 0 aromatic heterocycles. The molecule has 16 heavy (non-hydrogen) atoms. The van der Waals surface area contributed by atoms with Crippen LogP contribution in [0.25, 0.3) is 0 Å². The maximum absolute atomic E-state index is 11.8. The van der Waals surface area contributed by atoms with E-state index < -0.39 is 0 Å². The van der Waals surface area contributed by atoms with Gasteiger partial charge in [0.25, 0.3) is 5.91 Å². The molecule has 0 unspecified atom stereocenters. The fourth-order valence-corrected chi connectivity index (χ4v) is 1.87. The lowest BCUT2D eigenvalue weighted by Gasteiger charge is -2.26. The minimum atomic E-state index is 0.0467. The smallest absolute Gasteiger partial charge is 0.251 e. The van der Waals surface area contributed by atoms with Gasteiger partial charge in [-0.15, -0.1) is 0 Å². The van der Waals surface area contributed by atoms with Crippen molar-refractivity contribution < 1.29 is 4.79 Å². The van der Waals surface area contributed by atoms with Crippen molar-refractivity contribution in [2.75, 3.05) is 19.6 Å². The Morgan fingerprint density at radius 2 is 2.19 bits per heavy atom. The summed E-state index contributed by atoms with van der Waals surface area (Å²) in [4.78, 5) is 11.8. The van der Waals surface area contributed by atoms with Gasteiger partial charge in [0.1, 0.15) is 0 Å². The monoisotopic (exact) mass is 218 g/mol. The van der Waals surface area contributed by atoms with E-state index in [1.54, 1.807) is 0 Å². The van der Waals surface area contributed by atoms with E-state index in [-0.39, 0.29) is 5.91 Å². The summed E-state index contributed by atoms with van der Waals surface area (Å²) in [7, 11) is 0. The third-order valence-corrected chi connectivity index (χ3v) is 3.09. The SMILES string of the molecule is Cc1ccccc1C(=O)NCCC1CNC1. The molecule has 1 aliphatic heterocycles. The van der Waals surface area contributed by atoms with Gasteiger partial charge in [-0.1, -0.05) is 18.2 Å². The van der Waals surface area contributed by atoms with Gasteiger partial charge in [0.2, 0.25) is 0 Å². The Kier molecular flexibility index (Phi) is 3.57. The molecule has 0 saturated carbocycles. The van der Waals surface area contributed by atoms with Crippen LogP contribution >= 0.6 is 0 Å². The van der Waals surface area contributed by atoms with Crippen LogP contribution in [0.3, 0.4) is 0 Å². The van der Waals surface area contributed by atoms with Crippen molar-refractivity contribution >= 4 is 5.91 Å². The van der Waals surface area contributed by atoms with Crippen molar-refractivity contribution in [2.24, 2.45) is 5.92 Å². The van der Waals surface area contributed by atoms with E-state index in [1.165, 1.54) is 0 Å². The Labute approximate surface area is 96.2 Å². The zero-order valence-corrected chi connectivity index (χ0v) is 9.62. The molecule has 0 aliphatic carbocycles. The molecule has 3 nitrogen and oxygen atoms in total. The largest absolute Gasteiger partial charge is 0.352 e. The van der Waals surface area contributed by atoms with E-state index in [0.717, 1.165) is 43.1 Å². The van der Waals surface area contributed by atoms with Gasteiger partial charge in [0.15, 0.2) is 0 Å². The topological polar surface area (TPSA) is 41.1 Å². The quantitative estimate of drug-likeness (QED) is 0.800. The summed E-state index contributed by atoms with van der Waals surface area (Å²) in [6, 6.07) is 7.68. The predicted molar refractivity (Wildman–Crippen MR) is 64.5 cm³/mol. The first-order valence-corrected chi connectivity index (χ1v) is 5.82. The minimum Gasteiger partial charge on any atom is -0.352 e. The van der Waals surface area contributed by atoms with Gasteiger partial charge in [0.05, 0.1) is 0 Å². The average molecular weight is 218 g/mol. The Morgan fingerprint density at radius 1 is 1.44 bits per heavy atom. The minimum absolute atomic E-state index is 0.0467. The fraction of sp³-hybridized carbons (Fsp3) is 0.462. The number of aryl methyl sites for hydroxylation is 1. The molecule has 2 rings (SSSR count). The summed E-state index contributed by atoms with van der Waals surface area (Å²) in [6.45, 7) is 4.94. The zero-order chi connectivity index (χ0) is 11.4. The summed E-state index contributed by atoms with van der Waals surface area (Å²) in [6.07, 6.45) is 1.07. The van der Waals surface area contributed by atoms with E-state index in [2.05, 4.69) is 10.6 Å². The van der Waals surface area contributed by atoms with Crippen LogP contribution in [-0.4, -0.2) is 25.5 Å². The Balaban J connectivity index is 1.81. The van der Waals surface area contributed by atoms with Crippen molar-refractivity contribution in [3.05, 3.63) is 35.4 Å². The van der Waals surface area contributed by atoms with Gasteiger partial charge in [-0.05, 0) is 44.0 Å². The van der Waals surface area contributed by atoms with Gasteiger partial charge in [0, 0.05) is 12.1 Å². The van der Waals surface area contributed by atoms with E-state index in [9.17, 15) is 4.79 Å². The molecular formula is C13H18N2O. The highest BCUT2D eigenvalue weighted by Gasteiger charge is 2.16. The molecule has 2 N–H and O–H groups in total. The van der Waals surface area contributed by atoms with E-state index >= 15 is 0 Å². The molecule has 86 valence electrons. The van der Waals surface area contributed by atoms with Crippen molar-refractivity contribution in [3.8, 4) is 0 Å². The lowest BCUT2D eigenvalue weighted by Crippen LogP contribution is -2.43. The summed E-state index contributed by atoms with van der Waals surface area (Å²) in [5.41, 5.74) is 1.82. The zero-order valence-electron chi connectivity index (χ0n) is 9.62. The predicted octanol–water partition coefficient (Wildman–Crippen LogP) is 1.33. The van der Waals surface area contributed by atoms with Crippen molar-refractivity contribution in [1.29, 1.82) is 0 Å². The number of amides is 1. The van der Waals surface area contributed by atoms with Gasteiger partial charge < -0.3 is 10.6 Å². The Bertz CT molecular complexity index is 372. The number of carbonyl (C=O) groups excluding carboxylic acids is 1. The van der Waals surface area contributed by atoms with Crippen molar-refractivity contribution in [2.45, 2.75) is 13.3 Å². The standard InChI is InChI=1S/C13H18N2O/c1-10-4-2-3-5-12(10)13(16)15-7-6-11-8-14-9-11/h2-5,11,14H,6-9H2,1H3,(H,15,16). The molecule has 3 heteroatoms. The van der Waals surface area contributed by atoms with Crippen molar-refractivity contribution in [1.82, 2.24) is 10.6 Å². The second kappa shape index (κ2) is 5.12. The third kappa shape index (κ3) is 2.61. The number of carbonyl (C=O) groups is 1. The summed E-state index contributed by atoms with van der Waals surface area (Å²) < 4.78 is 0. The number of hydrogen-bond donors (Lipinski definition) is 2. The molecule has 0 atom stereocenters. The summed E-state index contributed by atoms with van der Waals surface area (Å²) in [5, 5.41) is 6.20. The molecular weight excluding hydrogens is 200 g/mol. The van der Waals surface area contributed by atoms with Crippen LogP contribution in [-0.2, 0) is 0 Å². The Morgan fingerprint density at radius 3 is 2.81 bits per heavy atom. The first kappa shape index (κ1) is 11.1. The molecule has 1 amide bonds. The maximum Gasteiger partial charge on any atom is 0.251 e. The first-order chi connectivity index (χ1) is 7.77. The van der Waals surface area contributed by atoms with Crippen LogP contribution in [0.4, 0.5) is 0 Å². The lowest BCUT2D eigenvalue weighted by atomic mass is 9.99. The number of rotatable bonds is 4. The molecule has 1 fully saturated rings. The van der Waals surface area contributed by atoms with E-state index in [4.69, 9.17) is 0 Å². The number of hydrogen-bond acceptors (Lipinski definition) is 2. The van der Waals surface area contributed by atoms with E-state index in [1.807, 2.05) is 31.2 Å². The van der Waals surface area contributed by atoms with E-state index in [0.29, 0.717) is 0 Å². The van der Waals surface area contributed by atoms with Crippen LogP contribution in [0, 0.1) is 12.8 Å². The molecule has 1 aromatic rings. The normalized spacial score (nSPS) is 15.6. The fourth-order valence-electron chi connectivity index (χ4n) is 1.87. The van der Waals surface area contributed by atoms with Gasteiger partial charge >= 0.3 is 0 Å². The summed E-state index contributed by atoms with van der Waals surface area (Å²) >= 11 is 0. The summed E-state index contributed by atoms with van der Waals surface area (Å²) in [5.74, 6) is 0.794. The first-order valence-electron chi connectivity index (χ1n) is 5.82. The highest BCUT2D eigenvalue weighted by Crippen LogP contribution is 2.08. The molecule has 1 aliphatic rings.